The number of thiazole rings is 1. The molecule has 306 valence electrons. The van der Waals surface area contributed by atoms with Crippen molar-refractivity contribution in [2.45, 2.75) is 43.4 Å². The quantitative estimate of drug-likeness (QED) is 0.0875. The summed E-state index contributed by atoms with van der Waals surface area (Å²) in [4.78, 5) is 23.4. The first kappa shape index (κ1) is 39.5. The van der Waals surface area contributed by atoms with Crippen LogP contribution in [0.25, 0.3) is 32.4 Å². The van der Waals surface area contributed by atoms with Crippen LogP contribution in [-0.4, -0.2) is 70.4 Å². The summed E-state index contributed by atoms with van der Waals surface area (Å²) in [6.45, 7) is -0.319. The molecule has 4 aromatic heterocycles. The number of alkyl halides is 5. The van der Waals surface area contributed by atoms with Gasteiger partial charge in [0.15, 0.2) is 22.3 Å². The summed E-state index contributed by atoms with van der Waals surface area (Å²) in [5.74, 6) is -8.95. The summed E-state index contributed by atoms with van der Waals surface area (Å²) in [6.07, 6.45) is -4.59. The largest absolute Gasteiger partial charge is 0.435 e. The minimum atomic E-state index is -5.06. The molecule has 13 nitrogen and oxygen atoms in total. The molecule has 3 atom stereocenters. The molecule has 2 aliphatic carbocycles. The number of pyridine rings is 1. The van der Waals surface area contributed by atoms with Gasteiger partial charge < -0.3 is 15.4 Å². The van der Waals surface area contributed by atoms with E-state index in [4.69, 9.17) is 9.72 Å². The summed E-state index contributed by atoms with van der Waals surface area (Å²) < 4.78 is 137. The number of sulfonamides is 1. The number of para-hydroxylation sites is 1. The van der Waals surface area contributed by atoms with Gasteiger partial charge in [0.05, 0.1) is 34.8 Å². The van der Waals surface area contributed by atoms with Crippen molar-refractivity contribution < 1.29 is 48.7 Å². The van der Waals surface area contributed by atoms with Crippen molar-refractivity contribution in [3.05, 3.63) is 82.3 Å². The number of benzene rings is 2. The van der Waals surface area contributed by atoms with Crippen LogP contribution < -0.4 is 15.4 Å². The smallest absolute Gasteiger partial charge is 0.383 e. The van der Waals surface area contributed by atoms with Crippen molar-refractivity contribution in [1.82, 2.24) is 34.8 Å². The third kappa shape index (κ3) is 7.31. The number of aromatic nitrogens is 6. The topological polar surface area (TPSA) is 158 Å². The monoisotopic (exact) mass is 851 g/mol. The fourth-order valence-corrected chi connectivity index (χ4v) is 9.03. The van der Waals surface area contributed by atoms with Crippen LogP contribution in [0.3, 0.4) is 0 Å². The normalized spacial score (nSPS) is 17.7. The minimum Gasteiger partial charge on any atom is -0.383 e. The van der Waals surface area contributed by atoms with Crippen molar-refractivity contribution in [2.24, 2.45) is 13.0 Å². The van der Waals surface area contributed by atoms with Crippen molar-refractivity contribution in [3.63, 3.8) is 0 Å². The maximum Gasteiger partial charge on any atom is 0.435 e. The minimum absolute atomic E-state index is 0.0133. The highest BCUT2D eigenvalue weighted by Gasteiger charge is 2.68. The Hall–Kier alpha value is -5.35. The highest BCUT2D eigenvalue weighted by atomic mass is 32.2. The van der Waals surface area contributed by atoms with Crippen molar-refractivity contribution in [3.8, 4) is 11.1 Å². The molecule has 4 heterocycles. The average molecular weight is 852 g/mol. The summed E-state index contributed by atoms with van der Waals surface area (Å²) in [5.41, 5.74) is -1.62. The Morgan fingerprint density at radius 1 is 1.09 bits per heavy atom. The summed E-state index contributed by atoms with van der Waals surface area (Å²) in [5, 5.41) is 14.5. The van der Waals surface area contributed by atoms with E-state index in [0.717, 1.165) is 18.4 Å². The zero-order chi connectivity index (χ0) is 41.5. The predicted octanol–water partition coefficient (Wildman–Crippen LogP) is 6.48. The van der Waals surface area contributed by atoms with E-state index >= 15 is 8.78 Å². The van der Waals surface area contributed by atoms with E-state index in [-0.39, 0.29) is 35.6 Å². The highest BCUT2D eigenvalue weighted by Crippen LogP contribution is 2.68. The van der Waals surface area contributed by atoms with Gasteiger partial charge in [0.2, 0.25) is 15.9 Å². The summed E-state index contributed by atoms with van der Waals surface area (Å²) in [7, 11) is -0.679. The number of halogens is 7. The van der Waals surface area contributed by atoms with Gasteiger partial charge in [-0.05, 0) is 48.6 Å². The standard InChI is InChI=1S/C36H32F7N9O4S2/c1-51-29-19(5-4-6-20(29)32(49-51)50-58(3,54)55)21-14-25-33(47-34(57-25)44-7-8-56-2)46-28(21)24(11-16-9-17(37)12-18(38)10-16)45-26(53)15-52-31-27(30(48-52)36(41,42)43)22-13-23(22)35(31,39)40/h4-6,9-10,12,14,22-24H,7-8,11,13,15H2,1-3H3,(H,45,53)(H,49,50)(H,44,46,47)/t22?,23-,24+/m1/s1. The molecule has 2 aromatic carbocycles. The Balaban J connectivity index is 1.27. The zero-order valence-corrected chi connectivity index (χ0v) is 32.2. The number of carbonyl (C=O) groups excluding carboxylic acids is 1. The molecule has 1 saturated carbocycles. The molecule has 22 heteroatoms. The molecule has 1 unspecified atom stereocenters. The molecule has 0 spiro atoms. The van der Waals surface area contributed by atoms with E-state index in [1.165, 1.54) is 23.1 Å². The number of amides is 1. The van der Waals surface area contributed by atoms with Crippen LogP contribution in [0.5, 0.6) is 0 Å². The fourth-order valence-electron chi connectivity index (χ4n) is 7.65. The van der Waals surface area contributed by atoms with E-state index in [9.17, 15) is 35.2 Å². The second-order valence-corrected chi connectivity index (χ2v) is 16.9. The molecule has 1 fully saturated rings. The van der Waals surface area contributed by atoms with Crippen LogP contribution in [0, 0.1) is 17.6 Å². The number of carbonyl (C=O) groups is 1. The van der Waals surface area contributed by atoms with Gasteiger partial charge in [-0.3, -0.25) is 18.9 Å². The van der Waals surface area contributed by atoms with Gasteiger partial charge in [0.25, 0.3) is 5.92 Å². The Kier molecular flexibility index (Phi) is 9.65. The van der Waals surface area contributed by atoms with Crippen LogP contribution >= 0.6 is 11.3 Å². The molecule has 8 rings (SSSR count). The number of hydrogen-bond acceptors (Lipinski definition) is 10. The average Bonchev–Trinajstić information content (AvgIpc) is 3.40. The number of nitrogens with zero attached hydrogens (tertiary/aromatic N) is 6. The Morgan fingerprint density at radius 3 is 2.52 bits per heavy atom. The molecular weight excluding hydrogens is 820 g/mol. The lowest BCUT2D eigenvalue weighted by Crippen LogP contribution is -2.35. The van der Waals surface area contributed by atoms with Crippen LogP contribution in [-0.2, 0) is 51.7 Å². The number of nitrogens with one attached hydrogen (secondary N) is 3. The lowest BCUT2D eigenvalue weighted by molar-refractivity contribution is -0.142. The third-order valence-corrected chi connectivity index (χ3v) is 11.5. The Bertz CT molecular complexity index is 2710. The number of aryl methyl sites for hydroxylation is 1. The van der Waals surface area contributed by atoms with Crippen LogP contribution in [0.1, 0.15) is 46.6 Å². The number of hydrogen-bond donors (Lipinski definition) is 3. The predicted molar refractivity (Wildman–Crippen MR) is 199 cm³/mol. The number of fused-ring (bicyclic) bond motifs is 5. The molecule has 6 aromatic rings. The molecule has 58 heavy (non-hydrogen) atoms. The maximum atomic E-state index is 15.4. The summed E-state index contributed by atoms with van der Waals surface area (Å²) >= 11 is 1.23. The summed E-state index contributed by atoms with van der Waals surface area (Å²) in [6, 6.07) is 8.01. The lowest BCUT2D eigenvalue weighted by atomic mass is 9.94. The van der Waals surface area contributed by atoms with Crippen LogP contribution in [0.2, 0.25) is 0 Å². The number of methoxy groups -OCH3 is 1. The molecule has 1 amide bonds. The van der Waals surface area contributed by atoms with Crippen molar-refractivity contribution >= 4 is 59.5 Å². The molecule has 0 aliphatic heterocycles. The second kappa shape index (κ2) is 14.2. The van der Waals surface area contributed by atoms with Crippen molar-refractivity contribution in [2.75, 3.05) is 36.6 Å². The van der Waals surface area contributed by atoms with Gasteiger partial charge in [-0.15, -0.1) is 0 Å². The third-order valence-electron chi connectivity index (χ3n) is 9.95. The van der Waals surface area contributed by atoms with Gasteiger partial charge >= 0.3 is 6.18 Å². The Labute approximate surface area is 328 Å². The second-order valence-electron chi connectivity index (χ2n) is 14.2. The van der Waals surface area contributed by atoms with E-state index in [0.29, 0.717) is 55.8 Å². The number of rotatable bonds is 13. The molecule has 0 saturated heterocycles. The maximum absolute atomic E-state index is 15.4. The van der Waals surface area contributed by atoms with Gasteiger partial charge in [-0.2, -0.15) is 32.1 Å². The molecule has 2 aliphatic rings. The molecule has 0 bridgehead atoms. The number of anilines is 2. The molecule has 3 N–H and O–H groups in total. The van der Waals surface area contributed by atoms with E-state index in [1.54, 1.807) is 31.3 Å². The van der Waals surface area contributed by atoms with Gasteiger partial charge in [-0.25, -0.2) is 27.2 Å². The SMILES string of the molecule is COCCNc1nc2nc([C@H](Cc3cc(F)cc(F)c3)NC(=O)Cn3nc(C(F)(F)F)c4c3C(F)(F)[C@@H]3CC43)c(-c3cccc4c(NS(C)(=O)=O)nn(C)c34)cc2s1. The molecular formula is C36H32F7N9O4S2. The molecule has 0 radical (unpaired) electrons. The van der Waals surface area contributed by atoms with Crippen LogP contribution in [0.15, 0.2) is 42.5 Å². The van der Waals surface area contributed by atoms with Gasteiger partial charge in [-0.1, -0.05) is 23.5 Å². The van der Waals surface area contributed by atoms with Crippen molar-refractivity contribution in [1.29, 1.82) is 0 Å². The van der Waals surface area contributed by atoms with Gasteiger partial charge in [0.1, 0.15) is 23.9 Å². The number of ether oxygens (including phenoxy) is 1. The van der Waals surface area contributed by atoms with E-state index < -0.39 is 81.0 Å². The van der Waals surface area contributed by atoms with Gasteiger partial charge in [0, 0.05) is 54.8 Å². The fraction of sp³-hybridized carbons (Fsp3) is 0.361. The highest BCUT2D eigenvalue weighted by molar-refractivity contribution is 7.92. The first-order chi connectivity index (χ1) is 27.3. The first-order valence-corrected chi connectivity index (χ1v) is 20.3. The van der Waals surface area contributed by atoms with Crippen LogP contribution in [0.4, 0.5) is 41.7 Å². The zero-order valence-electron chi connectivity index (χ0n) is 30.6. The lowest BCUT2D eigenvalue weighted by Gasteiger charge is -2.23. The Morgan fingerprint density at radius 2 is 1.83 bits per heavy atom. The van der Waals surface area contributed by atoms with E-state index in [1.807, 2.05) is 0 Å². The first-order valence-electron chi connectivity index (χ1n) is 17.6. The van der Waals surface area contributed by atoms with E-state index in [2.05, 4.69) is 30.5 Å².